The second kappa shape index (κ2) is 6.23. The number of hydrogen-bond acceptors (Lipinski definition) is 4. The van der Waals surface area contributed by atoms with Crippen molar-refractivity contribution < 1.29 is 4.74 Å². The first-order valence-corrected chi connectivity index (χ1v) is 6.96. The summed E-state index contributed by atoms with van der Waals surface area (Å²) in [6, 6.07) is 1.77. The van der Waals surface area contributed by atoms with Crippen LogP contribution in [0.5, 0.6) is 5.88 Å². The van der Waals surface area contributed by atoms with Crippen molar-refractivity contribution in [1.29, 1.82) is 0 Å². The SMILES string of the molecule is CC(C)Oc1ccnc(NCC2CCCC2Cl)n1. The Kier molecular flexibility index (Phi) is 4.64. The highest BCUT2D eigenvalue weighted by atomic mass is 35.5. The van der Waals surface area contributed by atoms with Crippen LogP contribution in [0.1, 0.15) is 33.1 Å². The summed E-state index contributed by atoms with van der Waals surface area (Å²) < 4.78 is 5.53. The first kappa shape index (κ1) is 13.4. The number of aromatic nitrogens is 2. The van der Waals surface area contributed by atoms with E-state index in [9.17, 15) is 0 Å². The third kappa shape index (κ3) is 3.73. The molecule has 1 N–H and O–H groups in total. The second-order valence-electron chi connectivity index (χ2n) is 4.97. The minimum Gasteiger partial charge on any atom is -0.475 e. The largest absolute Gasteiger partial charge is 0.475 e. The van der Waals surface area contributed by atoms with Crippen molar-refractivity contribution in [3.63, 3.8) is 0 Å². The van der Waals surface area contributed by atoms with Crippen molar-refractivity contribution in [3.05, 3.63) is 12.3 Å². The van der Waals surface area contributed by atoms with E-state index in [1.807, 2.05) is 13.8 Å². The Hall–Kier alpha value is -1.03. The van der Waals surface area contributed by atoms with Crippen LogP contribution in [-0.4, -0.2) is 28.0 Å². The highest BCUT2D eigenvalue weighted by molar-refractivity contribution is 6.20. The maximum atomic E-state index is 6.24. The zero-order valence-corrected chi connectivity index (χ0v) is 11.7. The van der Waals surface area contributed by atoms with Crippen LogP contribution in [0.25, 0.3) is 0 Å². The lowest BCUT2D eigenvalue weighted by Gasteiger charge is -2.15. The van der Waals surface area contributed by atoms with Crippen LogP contribution in [0.15, 0.2) is 12.3 Å². The van der Waals surface area contributed by atoms with Crippen molar-refractivity contribution in [3.8, 4) is 5.88 Å². The first-order chi connectivity index (χ1) is 8.65. The van der Waals surface area contributed by atoms with E-state index in [0.29, 0.717) is 17.7 Å². The fraction of sp³-hybridized carbons (Fsp3) is 0.692. The van der Waals surface area contributed by atoms with Gasteiger partial charge in [0.2, 0.25) is 11.8 Å². The van der Waals surface area contributed by atoms with Crippen molar-refractivity contribution in [2.75, 3.05) is 11.9 Å². The highest BCUT2D eigenvalue weighted by Gasteiger charge is 2.25. The summed E-state index contributed by atoms with van der Waals surface area (Å²) in [6.45, 7) is 4.79. The lowest BCUT2D eigenvalue weighted by Crippen LogP contribution is -2.19. The molecule has 2 unspecified atom stereocenters. The van der Waals surface area contributed by atoms with Crippen molar-refractivity contribution in [2.45, 2.75) is 44.6 Å². The van der Waals surface area contributed by atoms with Gasteiger partial charge in [0.15, 0.2) is 0 Å². The van der Waals surface area contributed by atoms with Crippen molar-refractivity contribution in [2.24, 2.45) is 5.92 Å². The standard InChI is InChI=1S/C13H20ClN3O/c1-9(2)18-12-6-7-15-13(17-12)16-8-10-4-3-5-11(10)14/h6-7,9-11H,3-5,8H2,1-2H3,(H,15,16,17). The molecule has 5 heteroatoms. The average Bonchev–Trinajstić information content (AvgIpc) is 2.72. The Morgan fingerprint density at radius 1 is 1.50 bits per heavy atom. The molecule has 0 aromatic carbocycles. The Labute approximate surface area is 113 Å². The Morgan fingerprint density at radius 3 is 3.00 bits per heavy atom. The molecule has 1 fully saturated rings. The molecule has 1 aromatic heterocycles. The molecule has 0 spiro atoms. The number of anilines is 1. The van der Waals surface area contributed by atoms with Crippen LogP contribution < -0.4 is 10.1 Å². The van der Waals surface area contributed by atoms with Crippen LogP contribution in [0.3, 0.4) is 0 Å². The average molecular weight is 270 g/mol. The molecule has 18 heavy (non-hydrogen) atoms. The zero-order chi connectivity index (χ0) is 13.0. The number of ether oxygens (including phenoxy) is 1. The summed E-state index contributed by atoms with van der Waals surface area (Å²) in [6.07, 6.45) is 5.35. The van der Waals surface area contributed by atoms with Crippen LogP contribution in [0.2, 0.25) is 0 Å². The van der Waals surface area contributed by atoms with Gasteiger partial charge in [0, 0.05) is 24.2 Å². The Bertz CT molecular complexity index is 386. The van der Waals surface area contributed by atoms with Gasteiger partial charge in [-0.2, -0.15) is 4.98 Å². The summed E-state index contributed by atoms with van der Waals surface area (Å²) >= 11 is 6.24. The van der Waals surface area contributed by atoms with Gasteiger partial charge >= 0.3 is 0 Å². The minimum absolute atomic E-state index is 0.120. The molecule has 1 aliphatic rings. The number of nitrogens with one attached hydrogen (secondary N) is 1. The summed E-state index contributed by atoms with van der Waals surface area (Å²) in [5, 5.41) is 3.53. The molecule has 1 aliphatic carbocycles. The Morgan fingerprint density at radius 2 is 2.33 bits per heavy atom. The van der Waals surface area contributed by atoms with E-state index < -0.39 is 0 Å². The molecule has 1 saturated carbocycles. The van der Waals surface area contributed by atoms with Crippen LogP contribution in [0.4, 0.5) is 5.95 Å². The molecular weight excluding hydrogens is 250 g/mol. The number of hydrogen-bond donors (Lipinski definition) is 1. The molecular formula is C13H20ClN3O. The third-order valence-electron chi connectivity index (χ3n) is 3.08. The normalized spacial score (nSPS) is 23.3. The van der Waals surface area contributed by atoms with Crippen LogP contribution >= 0.6 is 11.6 Å². The van der Waals surface area contributed by atoms with Gasteiger partial charge in [-0.05, 0) is 32.6 Å². The van der Waals surface area contributed by atoms with E-state index in [2.05, 4.69) is 15.3 Å². The number of alkyl halides is 1. The highest BCUT2D eigenvalue weighted by Crippen LogP contribution is 2.30. The van der Waals surface area contributed by atoms with E-state index >= 15 is 0 Å². The summed E-state index contributed by atoms with van der Waals surface area (Å²) in [4.78, 5) is 8.50. The fourth-order valence-electron chi connectivity index (χ4n) is 2.18. The van der Waals surface area contributed by atoms with Crippen molar-refractivity contribution >= 4 is 17.5 Å². The molecule has 0 aliphatic heterocycles. The summed E-state index contributed by atoms with van der Waals surface area (Å²) in [7, 11) is 0. The lowest BCUT2D eigenvalue weighted by molar-refractivity contribution is 0.232. The van der Waals surface area contributed by atoms with Gasteiger partial charge in [0.1, 0.15) is 0 Å². The van der Waals surface area contributed by atoms with Crippen LogP contribution in [0, 0.1) is 5.92 Å². The number of nitrogens with zero attached hydrogens (tertiary/aromatic N) is 2. The molecule has 0 amide bonds. The molecule has 2 rings (SSSR count). The topological polar surface area (TPSA) is 47.0 Å². The maximum absolute atomic E-state index is 6.24. The predicted octanol–water partition coefficient (Wildman–Crippen LogP) is 3.08. The molecule has 0 bridgehead atoms. The number of rotatable bonds is 5. The fourth-order valence-corrected chi connectivity index (χ4v) is 2.55. The van der Waals surface area contributed by atoms with Gasteiger partial charge in [0.25, 0.3) is 0 Å². The molecule has 0 radical (unpaired) electrons. The first-order valence-electron chi connectivity index (χ1n) is 6.53. The van der Waals surface area contributed by atoms with Gasteiger partial charge in [-0.3, -0.25) is 0 Å². The third-order valence-corrected chi connectivity index (χ3v) is 3.65. The van der Waals surface area contributed by atoms with Crippen molar-refractivity contribution in [1.82, 2.24) is 9.97 Å². The van der Waals surface area contributed by atoms with Gasteiger partial charge in [-0.1, -0.05) is 6.42 Å². The smallest absolute Gasteiger partial charge is 0.225 e. The molecule has 4 nitrogen and oxygen atoms in total. The molecule has 0 saturated heterocycles. The van der Waals surface area contributed by atoms with Gasteiger partial charge < -0.3 is 10.1 Å². The number of halogens is 1. The second-order valence-corrected chi connectivity index (χ2v) is 5.53. The molecule has 1 heterocycles. The monoisotopic (exact) mass is 269 g/mol. The molecule has 2 atom stereocenters. The van der Waals surface area contributed by atoms with E-state index in [1.54, 1.807) is 12.3 Å². The van der Waals surface area contributed by atoms with Gasteiger partial charge in [-0.15, -0.1) is 11.6 Å². The van der Waals surface area contributed by atoms with Gasteiger partial charge in [-0.25, -0.2) is 4.98 Å². The lowest BCUT2D eigenvalue weighted by atomic mass is 10.1. The summed E-state index contributed by atoms with van der Waals surface area (Å²) in [5.74, 6) is 1.74. The quantitative estimate of drug-likeness (QED) is 0.835. The molecule has 1 aromatic rings. The van der Waals surface area contributed by atoms with Gasteiger partial charge in [0.05, 0.1) is 6.10 Å². The maximum Gasteiger partial charge on any atom is 0.225 e. The minimum atomic E-state index is 0.120. The Balaban J connectivity index is 1.88. The van der Waals surface area contributed by atoms with E-state index in [-0.39, 0.29) is 11.5 Å². The van der Waals surface area contributed by atoms with E-state index in [0.717, 1.165) is 13.0 Å². The van der Waals surface area contributed by atoms with E-state index in [4.69, 9.17) is 16.3 Å². The molecule has 100 valence electrons. The summed E-state index contributed by atoms with van der Waals surface area (Å²) in [5.41, 5.74) is 0. The van der Waals surface area contributed by atoms with E-state index in [1.165, 1.54) is 12.8 Å². The van der Waals surface area contributed by atoms with Crippen LogP contribution in [-0.2, 0) is 0 Å². The predicted molar refractivity (Wildman–Crippen MR) is 73.3 cm³/mol. The zero-order valence-electron chi connectivity index (χ0n) is 10.9.